The molecule has 0 saturated heterocycles. The van der Waals surface area contributed by atoms with E-state index in [4.69, 9.17) is 9.47 Å². The summed E-state index contributed by atoms with van der Waals surface area (Å²) in [6, 6.07) is 11.5. The second-order valence-corrected chi connectivity index (χ2v) is 7.03. The van der Waals surface area contributed by atoms with Gasteiger partial charge in [0.25, 0.3) is 0 Å². The number of benzene rings is 1. The SMILES string of the molecule is COc1cccc(-c2cnc3ccc(N(C)C(=O)OC(C)(C)C)cn23)c1. The van der Waals surface area contributed by atoms with Crippen molar-refractivity contribution in [2.24, 2.45) is 0 Å². The number of carbonyl (C=O) groups excluding carboxylic acids is 1. The minimum atomic E-state index is -0.545. The number of aromatic nitrogens is 2. The Kier molecular flexibility index (Phi) is 4.59. The van der Waals surface area contributed by atoms with Crippen molar-refractivity contribution in [2.75, 3.05) is 19.1 Å². The van der Waals surface area contributed by atoms with Gasteiger partial charge in [-0.1, -0.05) is 12.1 Å². The topological polar surface area (TPSA) is 56.1 Å². The number of anilines is 1. The molecule has 0 N–H and O–H groups in total. The smallest absolute Gasteiger partial charge is 0.414 e. The van der Waals surface area contributed by atoms with E-state index in [9.17, 15) is 4.79 Å². The maximum atomic E-state index is 12.3. The van der Waals surface area contributed by atoms with E-state index in [-0.39, 0.29) is 0 Å². The number of amides is 1. The molecule has 0 atom stereocenters. The van der Waals surface area contributed by atoms with Crippen LogP contribution in [0.2, 0.25) is 0 Å². The van der Waals surface area contributed by atoms with Gasteiger partial charge in [-0.15, -0.1) is 0 Å². The summed E-state index contributed by atoms with van der Waals surface area (Å²) in [7, 11) is 3.33. The second-order valence-electron chi connectivity index (χ2n) is 7.03. The molecule has 0 spiro atoms. The van der Waals surface area contributed by atoms with Gasteiger partial charge in [-0.2, -0.15) is 0 Å². The summed E-state index contributed by atoms with van der Waals surface area (Å²) in [6.07, 6.45) is 3.28. The molecule has 0 radical (unpaired) electrons. The number of hydrogen-bond acceptors (Lipinski definition) is 4. The van der Waals surface area contributed by atoms with E-state index >= 15 is 0 Å². The van der Waals surface area contributed by atoms with E-state index in [1.54, 1.807) is 20.4 Å². The van der Waals surface area contributed by atoms with Crippen molar-refractivity contribution in [3.63, 3.8) is 0 Å². The average Bonchev–Trinajstić information content (AvgIpc) is 3.02. The van der Waals surface area contributed by atoms with E-state index in [1.165, 1.54) is 4.90 Å². The fourth-order valence-electron chi connectivity index (χ4n) is 2.60. The maximum absolute atomic E-state index is 12.3. The predicted molar refractivity (Wildman–Crippen MR) is 102 cm³/mol. The number of fused-ring (bicyclic) bond motifs is 1. The zero-order valence-electron chi connectivity index (χ0n) is 15.7. The molecule has 0 saturated carbocycles. The molecule has 0 aliphatic rings. The minimum Gasteiger partial charge on any atom is -0.497 e. The summed E-state index contributed by atoms with van der Waals surface area (Å²) < 4.78 is 12.7. The Hall–Kier alpha value is -3.02. The van der Waals surface area contributed by atoms with Gasteiger partial charge in [0.2, 0.25) is 0 Å². The molecule has 0 bridgehead atoms. The highest BCUT2D eigenvalue weighted by Crippen LogP contribution is 2.26. The number of imidazole rings is 1. The third-order valence-electron chi connectivity index (χ3n) is 3.91. The molecule has 0 unspecified atom stereocenters. The molecule has 0 aliphatic carbocycles. The number of ether oxygens (including phenoxy) is 2. The lowest BCUT2D eigenvalue weighted by atomic mass is 10.1. The molecule has 2 heterocycles. The normalized spacial score (nSPS) is 11.4. The first kappa shape index (κ1) is 17.8. The van der Waals surface area contributed by atoms with Crippen molar-refractivity contribution in [3.8, 4) is 17.0 Å². The van der Waals surface area contributed by atoms with Gasteiger partial charge in [0.1, 0.15) is 17.0 Å². The Bertz CT molecular complexity index is 941. The zero-order valence-corrected chi connectivity index (χ0v) is 15.7. The third-order valence-corrected chi connectivity index (χ3v) is 3.91. The van der Waals surface area contributed by atoms with Crippen LogP contribution in [0.4, 0.5) is 10.5 Å². The molecule has 26 heavy (non-hydrogen) atoms. The van der Waals surface area contributed by atoms with Gasteiger partial charge < -0.3 is 9.47 Å². The maximum Gasteiger partial charge on any atom is 0.414 e. The number of nitrogens with zero attached hydrogens (tertiary/aromatic N) is 3. The Morgan fingerprint density at radius 2 is 1.96 bits per heavy atom. The molecule has 1 aromatic carbocycles. The number of hydrogen-bond donors (Lipinski definition) is 0. The van der Waals surface area contributed by atoms with Gasteiger partial charge in [-0.05, 0) is 45.0 Å². The number of carbonyl (C=O) groups is 1. The van der Waals surface area contributed by atoms with Crippen LogP contribution in [0.3, 0.4) is 0 Å². The van der Waals surface area contributed by atoms with Gasteiger partial charge in [0.15, 0.2) is 0 Å². The molecule has 0 fully saturated rings. The molecule has 3 rings (SSSR count). The molecular weight excluding hydrogens is 330 g/mol. The highest BCUT2D eigenvalue weighted by atomic mass is 16.6. The first-order chi connectivity index (χ1) is 12.3. The van der Waals surface area contributed by atoms with E-state index in [2.05, 4.69) is 4.98 Å². The van der Waals surface area contributed by atoms with E-state index < -0.39 is 11.7 Å². The van der Waals surface area contributed by atoms with Crippen molar-refractivity contribution in [2.45, 2.75) is 26.4 Å². The van der Waals surface area contributed by atoms with Crippen molar-refractivity contribution in [1.29, 1.82) is 0 Å². The monoisotopic (exact) mass is 353 g/mol. The van der Waals surface area contributed by atoms with E-state index in [0.717, 1.165) is 22.7 Å². The minimum absolute atomic E-state index is 0.403. The van der Waals surface area contributed by atoms with Crippen molar-refractivity contribution in [3.05, 3.63) is 48.8 Å². The Morgan fingerprint density at radius 1 is 1.19 bits per heavy atom. The van der Waals surface area contributed by atoms with Gasteiger partial charge in [0.05, 0.1) is 24.7 Å². The number of pyridine rings is 1. The Morgan fingerprint density at radius 3 is 2.65 bits per heavy atom. The van der Waals surface area contributed by atoms with Crippen LogP contribution in [0.5, 0.6) is 5.75 Å². The van der Waals surface area contributed by atoms with Crippen molar-refractivity contribution < 1.29 is 14.3 Å². The quantitative estimate of drug-likeness (QED) is 0.701. The fraction of sp³-hybridized carbons (Fsp3) is 0.300. The average molecular weight is 353 g/mol. The van der Waals surface area contributed by atoms with Gasteiger partial charge >= 0.3 is 6.09 Å². The number of methoxy groups -OCH3 is 1. The predicted octanol–water partition coefficient (Wildman–Crippen LogP) is 4.38. The molecule has 0 aliphatic heterocycles. The summed E-state index contributed by atoms with van der Waals surface area (Å²) in [5.74, 6) is 0.777. The highest BCUT2D eigenvalue weighted by Gasteiger charge is 2.21. The van der Waals surface area contributed by atoms with Crippen LogP contribution in [-0.2, 0) is 4.74 Å². The first-order valence-corrected chi connectivity index (χ1v) is 8.37. The zero-order chi connectivity index (χ0) is 18.9. The first-order valence-electron chi connectivity index (χ1n) is 8.37. The Balaban J connectivity index is 1.99. The van der Waals surface area contributed by atoms with Gasteiger partial charge in [-0.3, -0.25) is 9.30 Å². The van der Waals surface area contributed by atoms with E-state index in [1.807, 2.05) is 67.8 Å². The fourth-order valence-corrected chi connectivity index (χ4v) is 2.60. The summed E-state index contributed by atoms with van der Waals surface area (Å²) in [5.41, 5.74) is 2.86. The van der Waals surface area contributed by atoms with Crippen molar-refractivity contribution in [1.82, 2.24) is 9.38 Å². The van der Waals surface area contributed by atoms with Crippen LogP contribution in [0.25, 0.3) is 16.9 Å². The largest absolute Gasteiger partial charge is 0.497 e. The van der Waals surface area contributed by atoms with Crippen LogP contribution < -0.4 is 9.64 Å². The lowest BCUT2D eigenvalue weighted by Gasteiger charge is -2.24. The molecule has 6 heteroatoms. The Labute approximate surface area is 153 Å². The molecule has 2 aromatic heterocycles. The summed E-state index contributed by atoms with van der Waals surface area (Å²) in [4.78, 5) is 18.3. The molecule has 136 valence electrons. The standard InChI is InChI=1S/C20H23N3O3/c1-20(2,3)26-19(24)22(4)15-9-10-18-21-12-17(23(18)13-15)14-7-6-8-16(11-14)25-5/h6-13H,1-5H3. The van der Waals surface area contributed by atoms with Crippen molar-refractivity contribution >= 4 is 17.4 Å². The van der Waals surface area contributed by atoms with Crippen LogP contribution >= 0.6 is 0 Å². The van der Waals surface area contributed by atoms with E-state index in [0.29, 0.717) is 5.69 Å². The molecule has 6 nitrogen and oxygen atoms in total. The van der Waals surface area contributed by atoms with Gasteiger partial charge in [0, 0.05) is 18.8 Å². The lowest BCUT2D eigenvalue weighted by molar-refractivity contribution is 0.0589. The summed E-state index contributed by atoms with van der Waals surface area (Å²) in [5, 5.41) is 0. The van der Waals surface area contributed by atoms with Crippen LogP contribution in [0.15, 0.2) is 48.8 Å². The molecular formula is C20H23N3O3. The number of rotatable bonds is 3. The highest BCUT2D eigenvalue weighted by molar-refractivity contribution is 5.87. The van der Waals surface area contributed by atoms with Crippen LogP contribution in [-0.4, -0.2) is 35.2 Å². The third kappa shape index (κ3) is 3.64. The molecule has 3 aromatic rings. The van der Waals surface area contributed by atoms with Gasteiger partial charge in [-0.25, -0.2) is 9.78 Å². The molecule has 1 amide bonds. The summed E-state index contributed by atoms with van der Waals surface area (Å²) >= 11 is 0. The lowest BCUT2D eigenvalue weighted by Crippen LogP contribution is -2.34. The summed E-state index contributed by atoms with van der Waals surface area (Å²) in [6.45, 7) is 5.54. The van der Waals surface area contributed by atoms with Crippen LogP contribution in [0, 0.1) is 0 Å². The van der Waals surface area contributed by atoms with Crippen LogP contribution in [0.1, 0.15) is 20.8 Å². The second kappa shape index (κ2) is 6.71.